The molecule has 3 aromatic rings. The van der Waals surface area contributed by atoms with Gasteiger partial charge in [0.1, 0.15) is 17.4 Å². The highest BCUT2D eigenvalue weighted by Gasteiger charge is 2.28. The molecule has 0 fully saturated rings. The van der Waals surface area contributed by atoms with Crippen LogP contribution in [0.5, 0.6) is 0 Å². The summed E-state index contributed by atoms with van der Waals surface area (Å²) < 4.78 is 19.5. The fourth-order valence-electron chi connectivity index (χ4n) is 3.30. The molecule has 1 aliphatic heterocycles. The van der Waals surface area contributed by atoms with Crippen molar-refractivity contribution in [3.05, 3.63) is 70.8 Å². The minimum Gasteiger partial charge on any atom is -0.475 e. The summed E-state index contributed by atoms with van der Waals surface area (Å²) in [7, 11) is 0. The number of fused-ring (bicyclic) bond motifs is 1. The van der Waals surface area contributed by atoms with Crippen LogP contribution in [0.2, 0.25) is 0 Å². The molecule has 0 bridgehead atoms. The Hall–Kier alpha value is -3.55. The van der Waals surface area contributed by atoms with Crippen molar-refractivity contribution >= 4 is 11.9 Å². The Balaban J connectivity index is 1.60. The number of carbonyl (C=O) groups is 2. The van der Waals surface area contributed by atoms with E-state index < -0.39 is 11.8 Å². The molecule has 3 heterocycles. The maximum absolute atomic E-state index is 14.2. The highest BCUT2D eigenvalue weighted by Crippen LogP contribution is 2.28. The largest absolute Gasteiger partial charge is 0.475 e. The summed E-state index contributed by atoms with van der Waals surface area (Å²) in [6.07, 6.45) is 1.74. The molecule has 7 nitrogen and oxygen atoms in total. The number of carboxylic acid groups (broad SMARTS) is 1. The highest BCUT2D eigenvalue weighted by molar-refractivity contribution is 5.95. The lowest BCUT2D eigenvalue weighted by atomic mass is 9.95. The van der Waals surface area contributed by atoms with Gasteiger partial charge in [-0.2, -0.15) is 0 Å². The van der Waals surface area contributed by atoms with E-state index in [2.05, 4.69) is 9.97 Å². The zero-order chi connectivity index (χ0) is 21.6. The molecular weight excluding hydrogens is 389 g/mol. The van der Waals surface area contributed by atoms with E-state index in [-0.39, 0.29) is 34.0 Å². The van der Waals surface area contributed by atoms with Crippen molar-refractivity contribution in [2.75, 3.05) is 0 Å². The Morgan fingerprint density at radius 1 is 1.17 bits per heavy atom. The number of carboxylic acids is 1. The maximum Gasteiger partial charge on any atom is 0.371 e. The Bertz CT molecular complexity index is 1160. The van der Waals surface area contributed by atoms with Gasteiger partial charge >= 0.3 is 5.97 Å². The third-order valence-corrected chi connectivity index (χ3v) is 4.86. The van der Waals surface area contributed by atoms with Gasteiger partial charge in [-0.3, -0.25) is 4.79 Å². The minimum absolute atomic E-state index is 0.148. The van der Waals surface area contributed by atoms with E-state index in [4.69, 9.17) is 9.52 Å². The second kappa shape index (κ2) is 7.05. The molecule has 0 radical (unpaired) electrons. The molecule has 0 aliphatic carbocycles. The number of hydrogen-bond donors (Lipinski definition) is 1. The van der Waals surface area contributed by atoms with Crippen LogP contribution in [-0.2, 0) is 18.5 Å². The predicted molar refractivity (Wildman–Crippen MR) is 105 cm³/mol. The molecule has 0 spiro atoms. The van der Waals surface area contributed by atoms with Crippen molar-refractivity contribution in [1.29, 1.82) is 0 Å². The quantitative estimate of drug-likeness (QED) is 0.702. The average molecular weight is 409 g/mol. The lowest BCUT2D eigenvalue weighted by Crippen LogP contribution is -2.25. The number of furan rings is 1. The molecule has 8 heteroatoms. The smallest absolute Gasteiger partial charge is 0.371 e. The van der Waals surface area contributed by atoms with E-state index in [9.17, 15) is 14.0 Å². The Labute approximate surface area is 172 Å². The van der Waals surface area contributed by atoms with Gasteiger partial charge in [-0.1, -0.05) is 20.8 Å². The molecule has 4 rings (SSSR count). The van der Waals surface area contributed by atoms with E-state index in [0.717, 1.165) is 17.3 Å². The van der Waals surface area contributed by atoms with Crippen molar-refractivity contribution < 1.29 is 23.5 Å². The van der Waals surface area contributed by atoms with Gasteiger partial charge in [0.2, 0.25) is 5.76 Å². The van der Waals surface area contributed by atoms with Crippen molar-refractivity contribution in [2.45, 2.75) is 39.3 Å². The molecule has 1 aliphatic rings. The summed E-state index contributed by atoms with van der Waals surface area (Å²) in [6, 6.07) is 6.56. The molecule has 0 saturated carbocycles. The first kappa shape index (κ1) is 19.8. The first-order valence-electron chi connectivity index (χ1n) is 9.40. The number of aromatic nitrogens is 2. The number of aromatic carboxylic acids is 1. The monoisotopic (exact) mass is 409 g/mol. The van der Waals surface area contributed by atoms with Crippen molar-refractivity contribution in [3.8, 4) is 11.3 Å². The fraction of sp³-hybridized carbons (Fsp3) is 0.273. The summed E-state index contributed by atoms with van der Waals surface area (Å²) in [4.78, 5) is 34.6. The third-order valence-electron chi connectivity index (χ3n) is 4.86. The van der Waals surface area contributed by atoms with Gasteiger partial charge in [0.25, 0.3) is 5.91 Å². The SMILES string of the molecule is CC(C)(C)c1ncc2c(n1)CN(C(=O)c1cc(F)cc(-c3ccc(C(=O)O)o3)c1)C2. The Morgan fingerprint density at radius 3 is 2.60 bits per heavy atom. The van der Waals surface area contributed by atoms with Gasteiger partial charge in [0.15, 0.2) is 0 Å². The van der Waals surface area contributed by atoms with E-state index in [1.54, 1.807) is 11.1 Å². The summed E-state index contributed by atoms with van der Waals surface area (Å²) in [5, 5.41) is 9.00. The van der Waals surface area contributed by atoms with Gasteiger partial charge in [0, 0.05) is 34.8 Å². The summed E-state index contributed by atoms with van der Waals surface area (Å²) in [6.45, 7) is 6.71. The van der Waals surface area contributed by atoms with Crippen LogP contribution < -0.4 is 0 Å². The Morgan fingerprint density at radius 2 is 1.93 bits per heavy atom. The van der Waals surface area contributed by atoms with Crippen LogP contribution >= 0.6 is 0 Å². The average Bonchev–Trinajstić information content (AvgIpc) is 3.33. The van der Waals surface area contributed by atoms with Gasteiger partial charge in [-0.05, 0) is 30.3 Å². The van der Waals surface area contributed by atoms with Crippen LogP contribution in [0.4, 0.5) is 4.39 Å². The highest BCUT2D eigenvalue weighted by atomic mass is 19.1. The summed E-state index contributed by atoms with van der Waals surface area (Å²) in [5.41, 5.74) is 1.89. The van der Waals surface area contributed by atoms with Crippen molar-refractivity contribution in [2.24, 2.45) is 0 Å². The lowest BCUT2D eigenvalue weighted by Gasteiger charge is -2.16. The molecule has 154 valence electrons. The molecule has 1 aromatic carbocycles. The fourth-order valence-corrected chi connectivity index (χ4v) is 3.30. The van der Waals surface area contributed by atoms with E-state index in [1.807, 2.05) is 20.8 Å². The molecule has 0 atom stereocenters. The minimum atomic E-state index is -1.22. The molecule has 30 heavy (non-hydrogen) atoms. The second-order valence-electron chi connectivity index (χ2n) is 8.27. The summed E-state index contributed by atoms with van der Waals surface area (Å²) in [5.74, 6) is -1.57. The van der Waals surface area contributed by atoms with Crippen LogP contribution in [-0.4, -0.2) is 31.9 Å². The van der Waals surface area contributed by atoms with E-state index in [0.29, 0.717) is 18.9 Å². The summed E-state index contributed by atoms with van der Waals surface area (Å²) >= 11 is 0. The third kappa shape index (κ3) is 3.68. The Kier molecular flexibility index (Phi) is 4.64. The molecule has 0 saturated heterocycles. The van der Waals surface area contributed by atoms with Gasteiger partial charge in [-0.25, -0.2) is 19.2 Å². The zero-order valence-electron chi connectivity index (χ0n) is 16.8. The maximum atomic E-state index is 14.2. The van der Waals surface area contributed by atoms with Gasteiger partial charge in [-0.15, -0.1) is 0 Å². The van der Waals surface area contributed by atoms with Crippen LogP contribution in [0.3, 0.4) is 0 Å². The van der Waals surface area contributed by atoms with E-state index >= 15 is 0 Å². The predicted octanol–water partition coefficient (Wildman–Crippen LogP) is 4.03. The number of halogens is 1. The van der Waals surface area contributed by atoms with Gasteiger partial charge < -0.3 is 14.4 Å². The normalized spacial score (nSPS) is 13.4. The number of nitrogens with zero attached hydrogens (tertiary/aromatic N) is 3. The van der Waals surface area contributed by atoms with Gasteiger partial charge in [0.05, 0.1) is 12.2 Å². The standard InChI is InChI=1S/C22H20FN3O4/c1-22(2,3)21-24-9-14-10-26(11-16(14)25-21)19(27)13-6-12(7-15(23)8-13)17-4-5-18(30-17)20(28)29/h4-9H,10-11H2,1-3H3,(H,28,29). The van der Waals surface area contributed by atoms with Crippen LogP contribution in [0.15, 0.2) is 40.9 Å². The van der Waals surface area contributed by atoms with Crippen LogP contribution in [0.25, 0.3) is 11.3 Å². The molecule has 1 amide bonds. The number of hydrogen-bond acceptors (Lipinski definition) is 5. The number of amides is 1. The molecule has 2 aromatic heterocycles. The van der Waals surface area contributed by atoms with E-state index in [1.165, 1.54) is 24.3 Å². The zero-order valence-corrected chi connectivity index (χ0v) is 16.8. The molecule has 1 N–H and O–H groups in total. The molecule has 0 unspecified atom stereocenters. The van der Waals surface area contributed by atoms with Crippen molar-refractivity contribution in [1.82, 2.24) is 14.9 Å². The topological polar surface area (TPSA) is 96.5 Å². The first-order chi connectivity index (χ1) is 14.1. The second-order valence-corrected chi connectivity index (χ2v) is 8.27. The van der Waals surface area contributed by atoms with Crippen LogP contribution in [0, 0.1) is 5.82 Å². The number of carbonyl (C=O) groups excluding carboxylic acids is 1. The lowest BCUT2D eigenvalue weighted by molar-refractivity contribution is 0.0662. The van der Waals surface area contributed by atoms with Crippen molar-refractivity contribution in [3.63, 3.8) is 0 Å². The number of rotatable bonds is 3. The number of benzene rings is 1. The molecular formula is C22H20FN3O4. The van der Waals surface area contributed by atoms with Crippen LogP contribution in [0.1, 0.15) is 58.8 Å². The first-order valence-corrected chi connectivity index (χ1v) is 9.40.